The maximum absolute atomic E-state index is 9.00. The van der Waals surface area contributed by atoms with Gasteiger partial charge in [-0.25, -0.2) is 4.98 Å². The summed E-state index contributed by atoms with van der Waals surface area (Å²) < 4.78 is 1.95. The van der Waals surface area contributed by atoms with E-state index in [2.05, 4.69) is 28.2 Å². The fourth-order valence-electron chi connectivity index (χ4n) is 2.07. The Bertz CT molecular complexity index is 670. The van der Waals surface area contributed by atoms with Gasteiger partial charge < -0.3 is 9.67 Å². The third kappa shape index (κ3) is 1.98. The van der Waals surface area contributed by atoms with Crippen LogP contribution in [0.15, 0.2) is 49.1 Å². The molecule has 0 atom stereocenters. The molecule has 1 N–H and O–H groups in total. The number of imidazole rings is 1. The van der Waals surface area contributed by atoms with Crippen molar-refractivity contribution in [1.82, 2.24) is 14.5 Å². The molecule has 0 saturated carbocycles. The largest absolute Gasteiger partial charge is 0.390 e. The molecule has 2 aromatic heterocycles. The number of aliphatic hydroxyl groups is 1. The lowest BCUT2D eigenvalue weighted by Crippen LogP contribution is -1.98. The number of fused-ring (bicyclic) bond motifs is 1. The summed E-state index contributed by atoms with van der Waals surface area (Å²) in [6, 6.07) is 10.1. The zero-order valence-electron chi connectivity index (χ0n) is 9.82. The van der Waals surface area contributed by atoms with E-state index in [1.54, 1.807) is 12.5 Å². The van der Waals surface area contributed by atoms with Gasteiger partial charge in [0.05, 0.1) is 30.7 Å². The van der Waals surface area contributed by atoms with E-state index < -0.39 is 0 Å². The molecular weight excluding hydrogens is 226 g/mol. The van der Waals surface area contributed by atoms with Crippen LogP contribution in [0.25, 0.3) is 10.9 Å². The zero-order chi connectivity index (χ0) is 12.4. The fraction of sp³-hybridized carbons (Fsp3) is 0.143. The van der Waals surface area contributed by atoms with Gasteiger partial charge in [-0.2, -0.15) is 0 Å². The lowest BCUT2D eigenvalue weighted by molar-refractivity contribution is 0.277. The number of nitrogens with zero attached hydrogens (tertiary/aromatic N) is 3. The summed E-state index contributed by atoms with van der Waals surface area (Å²) in [5.41, 5.74) is 2.84. The number of aliphatic hydroxyl groups excluding tert-OH is 1. The molecule has 0 bridgehead atoms. The highest BCUT2D eigenvalue weighted by molar-refractivity contribution is 5.81. The van der Waals surface area contributed by atoms with Gasteiger partial charge in [0.2, 0.25) is 0 Å². The molecule has 0 amide bonds. The van der Waals surface area contributed by atoms with E-state index in [9.17, 15) is 0 Å². The standard InChI is InChI=1S/C14H13N3O/c18-9-13-8-17(10-16-13)7-12-4-1-3-11-5-2-6-15-14(11)12/h1-6,8,10,18H,7,9H2. The third-order valence-electron chi connectivity index (χ3n) is 2.92. The molecule has 0 aliphatic heterocycles. The monoisotopic (exact) mass is 239 g/mol. The first-order valence-corrected chi connectivity index (χ1v) is 5.81. The van der Waals surface area contributed by atoms with Gasteiger partial charge in [-0.1, -0.05) is 24.3 Å². The molecule has 0 aliphatic rings. The summed E-state index contributed by atoms with van der Waals surface area (Å²) in [4.78, 5) is 8.52. The average molecular weight is 239 g/mol. The van der Waals surface area contributed by atoms with E-state index in [1.165, 1.54) is 0 Å². The molecule has 90 valence electrons. The second kappa shape index (κ2) is 4.58. The highest BCUT2D eigenvalue weighted by Gasteiger charge is 2.03. The summed E-state index contributed by atoms with van der Waals surface area (Å²) in [5, 5.41) is 10.1. The Morgan fingerprint density at radius 2 is 2.00 bits per heavy atom. The van der Waals surface area contributed by atoms with Crippen LogP contribution in [0.1, 0.15) is 11.3 Å². The molecular formula is C14H13N3O. The Morgan fingerprint density at radius 3 is 2.83 bits per heavy atom. The Morgan fingerprint density at radius 1 is 1.11 bits per heavy atom. The Hall–Kier alpha value is -2.20. The molecule has 0 fully saturated rings. The molecule has 4 heteroatoms. The lowest BCUT2D eigenvalue weighted by atomic mass is 10.1. The van der Waals surface area contributed by atoms with E-state index in [0.29, 0.717) is 12.2 Å². The van der Waals surface area contributed by atoms with E-state index in [-0.39, 0.29) is 6.61 Å². The highest BCUT2D eigenvalue weighted by Crippen LogP contribution is 2.17. The Kier molecular flexibility index (Phi) is 2.78. The molecule has 3 rings (SSSR count). The van der Waals surface area contributed by atoms with Crippen LogP contribution in [-0.2, 0) is 13.2 Å². The van der Waals surface area contributed by atoms with Gasteiger partial charge in [-0.15, -0.1) is 0 Å². The predicted molar refractivity (Wildman–Crippen MR) is 69.0 cm³/mol. The van der Waals surface area contributed by atoms with Crippen LogP contribution in [0, 0.1) is 0 Å². The van der Waals surface area contributed by atoms with Gasteiger partial charge in [-0.3, -0.25) is 4.98 Å². The van der Waals surface area contributed by atoms with Gasteiger partial charge in [-0.05, 0) is 11.6 Å². The van der Waals surface area contributed by atoms with E-state index in [0.717, 1.165) is 16.5 Å². The van der Waals surface area contributed by atoms with Crippen LogP contribution in [0.5, 0.6) is 0 Å². The van der Waals surface area contributed by atoms with Crippen LogP contribution < -0.4 is 0 Å². The minimum absolute atomic E-state index is 0.0270. The number of benzene rings is 1. The van der Waals surface area contributed by atoms with Gasteiger partial charge >= 0.3 is 0 Å². The number of hydrogen-bond acceptors (Lipinski definition) is 3. The van der Waals surface area contributed by atoms with Crippen LogP contribution >= 0.6 is 0 Å². The first-order chi connectivity index (χ1) is 8.86. The SMILES string of the molecule is OCc1cn(Cc2cccc3cccnc23)cn1. The summed E-state index contributed by atoms with van der Waals surface area (Å²) in [6.07, 6.45) is 5.38. The first kappa shape index (κ1) is 10.9. The first-order valence-electron chi connectivity index (χ1n) is 5.81. The van der Waals surface area contributed by atoms with Crippen LogP contribution in [0.2, 0.25) is 0 Å². The normalized spacial score (nSPS) is 10.9. The maximum atomic E-state index is 9.00. The third-order valence-corrected chi connectivity index (χ3v) is 2.92. The topological polar surface area (TPSA) is 50.9 Å². The molecule has 18 heavy (non-hydrogen) atoms. The Balaban J connectivity index is 1.99. The van der Waals surface area contributed by atoms with Crippen molar-refractivity contribution >= 4 is 10.9 Å². The highest BCUT2D eigenvalue weighted by atomic mass is 16.3. The zero-order valence-corrected chi connectivity index (χ0v) is 9.82. The van der Waals surface area contributed by atoms with E-state index in [4.69, 9.17) is 5.11 Å². The molecule has 0 radical (unpaired) electrons. The van der Waals surface area contributed by atoms with Crippen molar-refractivity contribution in [3.8, 4) is 0 Å². The molecule has 0 aliphatic carbocycles. The lowest BCUT2D eigenvalue weighted by Gasteiger charge is -2.06. The second-order valence-corrected chi connectivity index (χ2v) is 4.19. The van der Waals surface area contributed by atoms with Crippen molar-refractivity contribution < 1.29 is 5.11 Å². The summed E-state index contributed by atoms with van der Waals surface area (Å²) in [7, 11) is 0. The fourth-order valence-corrected chi connectivity index (χ4v) is 2.07. The van der Waals surface area contributed by atoms with Gasteiger partial charge in [0.1, 0.15) is 0 Å². The average Bonchev–Trinajstić information content (AvgIpc) is 2.87. The molecule has 1 aromatic carbocycles. The van der Waals surface area contributed by atoms with Crippen molar-refractivity contribution in [3.05, 3.63) is 60.3 Å². The minimum Gasteiger partial charge on any atom is -0.390 e. The molecule has 0 spiro atoms. The quantitative estimate of drug-likeness (QED) is 0.760. The predicted octanol–water partition coefficient (Wildman–Crippen LogP) is 1.97. The van der Waals surface area contributed by atoms with Crippen LogP contribution in [0.4, 0.5) is 0 Å². The molecule has 2 heterocycles. The maximum Gasteiger partial charge on any atom is 0.0953 e. The van der Waals surface area contributed by atoms with Crippen LogP contribution in [-0.4, -0.2) is 19.6 Å². The van der Waals surface area contributed by atoms with Crippen LogP contribution in [0.3, 0.4) is 0 Å². The molecule has 0 unspecified atom stereocenters. The number of pyridine rings is 1. The number of aromatic nitrogens is 3. The number of para-hydroxylation sites is 1. The van der Waals surface area contributed by atoms with Crippen molar-refractivity contribution in [2.24, 2.45) is 0 Å². The van der Waals surface area contributed by atoms with Gasteiger partial charge in [0.15, 0.2) is 0 Å². The molecule has 0 saturated heterocycles. The second-order valence-electron chi connectivity index (χ2n) is 4.19. The summed E-state index contributed by atoms with van der Waals surface area (Å²) >= 11 is 0. The van der Waals surface area contributed by atoms with Crippen molar-refractivity contribution in [2.45, 2.75) is 13.2 Å². The Labute approximate surface area is 105 Å². The van der Waals surface area contributed by atoms with Crippen molar-refractivity contribution in [2.75, 3.05) is 0 Å². The molecule has 4 nitrogen and oxygen atoms in total. The smallest absolute Gasteiger partial charge is 0.0953 e. The van der Waals surface area contributed by atoms with Crippen molar-refractivity contribution in [3.63, 3.8) is 0 Å². The number of hydrogen-bond donors (Lipinski definition) is 1. The van der Waals surface area contributed by atoms with E-state index in [1.807, 2.05) is 22.9 Å². The minimum atomic E-state index is -0.0270. The summed E-state index contributed by atoms with van der Waals surface area (Å²) in [6.45, 7) is 0.683. The van der Waals surface area contributed by atoms with Gasteiger partial charge in [0, 0.05) is 17.8 Å². The van der Waals surface area contributed by atoms with Gasteiger partial charge in [0.25, 0.3) is 0 Å². The molecule has 3 aromatic rings. The summed E-state index contributed by atoms with van der Waals surface area (Å²) in [5.74, 6) is 0. The van der Waals surface area contributed by atoms with E-state index >= 15 is 0 Å². The van der Waals surface area contributed by atoms with Crippen molar-refractivity contribution in [1.29, 1.82) is 0 Å². The number of rotatable bonds is 3.